The number of hydrogen-bond donors (Lipinski definition) is 1. The molecule has 1 amide bonds. The van der Waals surface area contributed by atoms with E-state index in [4.69, 9.17) is 0 Å². The summed E-state index contributed by atoms with van der Waals surface area (Å²) in [4.78, 5) is 33.9. The van der Waals surface area contributed by atoms with Crippen LogP contribution in [0.2, 0.25) is 0 Å². The Hall–Kier alpha value is -3.25. The molecule has 1 aromatic carbocycles. The molecule has 1 fully saturated rings. The van der Waals surface area contributed by atoms with E-state index in [-0.39, 0.29) is 17.4 Å². The van der Waals surface area contributed by atoms with Crippen molar-refractivity contribution in [3.8, 4) is 11.1 Å². The number of benzene rings is 1. The average Bonchev–Trinajstić information content (AvgIpc) is 2.80. The summed E-state index contributed by atoms with van der Waals surface area (Å²) in [7, 11) is 4.24. The van der Waals surface area contributed by atoms with Crippen LogP contribution in [0.25, 0.3) is 11.1 Å². The van der Waals surface area contributed by atoms with Crippen molar-refractivity contribution >= 4 is 5.91 Å². The number of carbonyl (C=O) groups excluding carboxylic acids is 1. The second-order valence-corrected chi connectivity index (χ2v) is 9.37. The van der Waals surface area contributed by atoms with Gasteiger partial charge in [0.05, 0.1) is 14.1 Å². The summed E-state index contributed by atoms with van der Waals surface area (Å²) in [5, 5.41) is 0. The van der Waals surface area contributed by atoms with Gasteiger partial charge in [-0.1, -0.05) is 24.3 Å². The minimum atomic E-state index is 0.0506. The second kappa shape index (κ2) is 8.36. The number of quaternary nitrogens is 1. The normalized spacial score (nSPS) is 19.7. The van der Waals surface area contributed by atoms with Crippen molar-refractivity contribution in [3.63, 3.8) is 0 Å². The molecule has 0 aliphatic carbocycles. The van der Waals surface area contributed by atoms with Gasteiger partial charge in [-0.25, -0.2) is 0 Å². The first-order valence-electron chi connectivity index (χ1n) is 11.3. The van der Waals surface area contributed by atoms with Crippen LogP contribution in [0.3, 0.4) is 0 Å². The first-order valence-corrected chi connectivity index (χ1v) is 11.3. The van der Waals surface area contributed by atoms with Gasteiger partial charge in [-0.3, -0.25) is 14.6 Å². The zero-order valence-electron chi connectivity index (χ0n) is 18.6. The third-order valence-electron chi connectivity index (χ3n) is 6.67. The fraction of sp³-hybridized carbons (Fsp3) is 0.346. The highest BCUT2D eigenvalue weighted by molar-refractivity contribution is 5.94. The Bertz CT molecular complexity index is 1200. The van der Waals surface area contributed by atoms with Crippen molar-refractivity contribution in [1.82, 2.24) is 14.5 Å². The lowest BCUT2D eigenvalue weighted by atomic mass is 9.82. The van der Waals surface area contributed by atoms with Crippen molar-refractivity contribution in [2.45, 2.75) is 25.4 Å². The number of fused-ring (bicyclic) bond motifs is 4. The summed E-state index contributed by atoms with van der Waals surface area (Å²) in [6, 6.07) is 15.8. The maximum absolute atomic E-state index is 13.6. The van der Waals surface area contributed by atoms with Crippen LogP contribution in [0.4, 0.5) is 0 Å². The number of likely N-dealkylation sites (tertiary alicyclic amines) is 1. The molecule has 3 aromatic rings. The summed E-state index contributed by atoms with van der Waals surface area (Å²) >= 11 is 0. The van der Waals surface area contributed by atoms with E-state index in [2.05, 4.69) is 37.3 Å². The molecule has 2 bridgehead atoms. The molecule has 2 atom stereocenters. The maximum atomic E-state index is 13.6. The minimum absolute atomic E-state index is 0.0506. The van der Waals surface area contributed by atoms with E-state index >= 15 is 0 Å². The number of amides is 1. The van der Waals surface area contributed by atoms with Gasteiger partial charge in [0.15, 0.2) is 0 Å². The van der Waals surface area contributed by atoms with Crippen LogP contribution in [0.1, 0.15) is 34.0 Å². The van der Waals surface area contributed by atoms with Gasteiger partial charge in [0.25, 0.3) is 11.5 Å². The van der Waals surface area contributed by atoms with E-state index in [1.54, 1.807) is 24.5 Å². The van der Waals surface area contributed by atoms with Crippen LogP contribution >= 0.6 is 0 Å². The van der Waals surface area contributed by atoms with E-state index in [0.717, 1.165) is 29.8 Å². The van der Waals surface area contributed by atoms with E-state index in [9.17, 15) is 9.59 Å². The fourth-order valence-corrected chi connectivity index (χ4v) is 5.31. The number of hydrogen-bond acceptors (Lipinski definition) is 3. The number of nitrogens with zero attached hydrogens (tertiary/aromatic N) is 3. The number of piperidine rings is 1. The third kappa shape index (κ3) is 3.75. The number of rotatable bonds is 4. The smallest absolute Gasteiger partial charge is 0.258 e. The highest BCUT2D eigenvalue weighted by Crippen LogP contribution is 2.36. The Balaban J connectivity index is 1.47. The van der Waals surface area contributed by atoms with Crippen LogP contribution in [0.5, 0.6) is 0 Å². The van der Waals surface area contributed by atoms with Crippen LogP contribution < -0.4 is 10.5 Å². The molecule has 2 aliphatic heterocycles. The summed E-state index contributed by atoms with van der Waals surface area (Å²) < 4.78 is 1.97. The van der Waals surface area contributed by atoms with E-state index < -0.39 is 0 Å². The molecule has 0 saturated carbocycles. The first-order chi connectivity index (χ1) is 15.5. The van der Waals surface area contributed by atoms with Gasteiger partial charge < -0.3 is 14.4 Å². The lowest BCUT2D eigenvalue weighted by Crippen LogP contribution is -3.04. The zero-order valence-corrected chi connectivity index (χ0v) is 18.6. The lowest BCUT2D eigenvalue weighted by Gasteiger charge is -2.43. The van der Waals surface area contributed by atoms with Crippen LogP contribution in [-0.2, 0) is 13.1 Å². The standard InChI is InChI=1S/C26H28N4O2/c1-28(2)16-20-5-3-4-6-22(20)23-7-8-24-21-13-18(15-30(24)26(23)32)14-29(17-21)25(31)19-9-11-27-12-10-19/h3-12,18,21H,13-17H2,1-2H3/p+1/t18-,21+/m0/s1. The van der Waals surface area contributed by atoms with Gasteiger partial charge in [-0.15, -0.1) is 0 Å². The topological polar surface area (TPSA) is 59.6 Å². The van der Waals surface area contributed by atoms with E-state index in [1.807, 2.05) is 27.7 Å². The molecule has 1 N–H and O–H groups in total. The number of nitrogens with one attached hydrogen (secondary N) is 1. The molecule has 164 valence electrons. The van der Waals surface area contributed by atoms with Gasteiger partial charge in [-0.05, 0) is 42.2 Å². The fourth-order valence-electron chi connectivity index (χ4n) is 5.31. The molecule has 5 rings (SSSR count). The molecule has 0 unspecified atom stereocenters. The quantitative estimate of drug-likeness (QED) is 0.688. The Labute approximate surface area is 188 Å². The Morgan fingerprint density at radius 2 is 1.78 bits per heavy atom. The van der Waals surface area contributed by atoms with Crippen molar-refractivity contribution in [3.05, 3.63) is 88.1 Å². The van der Waals surface area contributed by atoms with Crippen molar-refractivity contribution in [2.24, 2.45) is 5.92 Å². The van der Waals surface area contributed by atoms with Crippen LogP contribution in [0.15, 0.2) is 65.7 Å². The summed E-state index contributed by atoms with van der Waals surface area (Å²) in [6.07, 6.45) is 4.34. The van der Waals surface area contributed by atoms with Crippen LogP contribution in [-0.4, -0.2) is 47.5 Å². The summed E-state index contributed by atoms with van der Waals surface area (Å²) in [5.74, 6) is 0.535. The number of aromatic nitrogens is 2. The van der Waals surface area contributed by atoms with Gasteiger partial charge in [0.2, 0.25) is 0 Å². The molecule has 0 spiro atoms. The third-order valence-corrected chi connectivity index (χ3v) is 6.67. The molecule has 1 saturated heterocycles. The molecule has 4 heterocycles. The summed E-state index contributed by atoms with van der Waals surface area (Å²) in [6.45, 7) is 2.87. The molecule has 32 heavy (non-hydrogen) atoms. The number of pyridine rings is 2. The van der Waals surface area contributed by atoms with Gasteiger partial charge >= 0.3 is 0 Å². The number of carbonyl (C=O) groups is 1. The predicted octanol–water partition coefficient (Wildman–Crippen LogP) is 1.81. The van der Waals surface area contributed by atoms with Gasteiger partial charge in [0, 0.05) is 60.3 Å². The molecular formula is C26H29N4O2+. The van der Waals surface area contributed by atoms with Crippen molar-refractivity contribution in [1.29, 1.82) is 0 Å². The Morgan fingerprint density at radius 1 is 1.00 bits per heavy atom. The monoisotopic (exact) mass is 429 g/mol. The molecule has 0 radical (unpaired) electrons. The van der Waals surface area contributed by atoms with E-state index in [1.165, 1.54) is 10.5 Å². The lowest BCUT2D eigenvalue weighted by molar-refractivity contribution is -0.872. The Morgan fingerprint density at radius 3 is 2.56 bits per heavy atom. The largest absolute Gasteiger partial charge is 0.338 e. The molecule has 2 aliphatic rings. The highest BCUT2D eigenvalue weighted by atomic mass is 16.2. The maximum Gasteiger partial charge on any atom is 0.258 e. The van der Waals surface area contributed by atoms with E-state index in [0.29, 0.717) is 31.1 Å². The second-order valence-electron chi connectivity index (χ2n) is 9.37. The average molecular weight is 430 g/mol. The van der Waals surface area contributed by atoms with Crippen LogP contribution in [0, 0.1) is 5.92 Å². The molecule has 6 heteroatoms. The predicted molar refractivity (Wildman–Crippen MR) is 124 cm³/mol. The van der Waals surface area contributed by atoms with Crippen molar-refractivity contribution in [2.75, 3.05) is 27.2 Å². The molecule has 6 nitrogen and oxygen atoms in total. The zero-order chi connectivity index (χ0) is 22.2. The summed E-state index contributed by atoms with van der Waals surface area (Å²) in [5.41, 5.74) is 4.81. The van der Waals surface area contributed by atoms with Crippen molar-refractivity contribution < 1.29 is 9.69 Å². The Kier molecular flexibility index (Phi) is 5.39. The van der Waals surface area contributed by atoms with Gasteiger partial charge in [0.1, 0.15) is 6.54 Å². The molecule has 2 aromatic heterocycles. The molecular weight excluding hydrogens is 400 g/mol. The first kappa shape index (κ1) is 20.6. The highest BCUT2D eigenvalue weighted by Gasteiger charge is 2.37. The SMILES string of the molecule is C[NH+](C)Cc1ccccc1-c1ccc2n(c1=O)C[C@H]1C[C@@H]2CN(C(=O)c2ccncc2)C1. The minimum Gasteiger partial charge on any atom is -0.338 e. The van der Waals surface area contributed by atoms with Gasteiger partial charge in [-0.2, -0.15) is 0 Å².